The maximum absolute atomic E-state index is 12.6. The van der Waals surface area contributed by atoms with Gasteiger partial charge in [-0.3, -0.25) is 4.79 Å². The number of carbonyl (C=O) groups excluding carboxylic acids is 1. The lowest BCUT2D eigenvalue weighted by atomic mass is 10.2. The van der Waals surface area contributed by atoms with E-state index in [1.807, 2.05) is 37.3 Å². The van der Waals surface area contributed by atoms with E-state index in [0.717, 1.165) is 16.2 Å². The minimum atomic E-state index is -0.244. The lowest BCUT2D eigenvalue weighted by Gasteiger charge is -2.13. The van der Waals surface area contributed by atoms with Crippen LogP contribution < -0.4 is 14.8 Å². The van der Waals surface area contributed by atoms with Crippen LogP contribution in [0.1, 0.15) is 13.3 Å². The second-order valence-corrected chi connectivity index (χ2v) is 6.82. The first kappa shape index (κ1) is 15.8. The molecule has 0 saturated carbocycles. The summed E-state index contributed by atoms with van der Waals surface area (Å²) in [6.07, 6.45) is 0.693. The van der Waals surface area contributed by atoms with E-state index in [9.17, 15) is 4.79 Å². The number of benzene rings is 2. The van der Waals surface area contributed by atoms with E-state index >= 15 is 0 Å². The second-order valence-electron chi connectivity index (χ2n) is 5.63. The number of H-pyrrole nitrogens is 1. The van der Waals surface area contributed by atoms with E-state index in [0.29, 0.717) is 23.6 Å². The molecule has 1 aromatic heterocycles. The number of hydrogen-bond donors (Lipinski definition) is 2. The summed E-state index contributed by atoms with van der Waals surface area (Å²) in [4.78, 5) is 20.4. The van der Waals surface area contributed by atoms with Crippen LogP contribution in [0.25, 0.3) is 11.0 Å². The van der Waals surface area contributed by atoms with E-state index in [4.69, 9.17) is 9.47 Å². The molecule has 0 spiro atoms. The Morgan fingerprint density at radius 2 is 2.12 bits per heavy atom. The maximum atomic E-state index is 12.6. The number of nitrogens with zero attached hydrogens (tertiary/aromatic N) is 1. The van der Waals surface area contributed by atoms with Gasteiger partial charge in [-0.05, 0) is 30.7 Å². The number of para-hydroxylation sites is 2. The molecule has 2 heterocycles. The summed E-state index contributed by atoms with van der Waals surface area (Å²) in [5, 5.41) is 3.44. The van der Waals surface area contributed by atoms with Gasteiger partial charge < -0.3 is 19.8 Å². The van der Waals surface area contributed by atoms with Gasteiger partial charge in [-0.1, -0.05) is 30.8 Å². The lowest BCUT2D eigenvalue weighted by Crippen LogP contribution is -2.24. The molecule has 6 nitrogen and oxygen atoms in total. The largest absolute Gasteiger partial charge is 0.454 e. The van der Waals surface area contributed by atoms with Gasteiger partial charge in [0.05, 0.1) is 16.3 Å². The molecule has 0 radical (unpaired) electrons. The zero-order valence-electron chi connectivity index (χ0n) is 13.6. The molecular weight excluding hydrogens is 338 g/mol. The minimum Gasteiger partial charge on any atom is -0.454 e. The number of hydrogen-bond acceptors (Lipinski definition) is 5. The van der Waals surface area contributed by atoms with Crippen molar-refractivity contribution >= 4 is 34.4 Å². The van der Waals surface area contributed by atoms with Crippen LogP contribution in [0.5, 0.6) is 11.5 Å². The third-order valence-electron chi connectivity index (χ3n) is 3.92. The Balaban J connectivity index is 1.47. The first-order valence-corrected chi connectivity index (χ1v) is 8.93. The van der Waals surface area contributed by atoms with Gasteiger partial charge in [0, 0.05) is 11.8 Å². The smallest absolute Gasteiger partial charge is 0.237 e. The summed E-state index contributed by atoms with van der Waals surface area (Å²) >= 11 is 1.43. The summed E-state index contributed by atoms with van der Waals surface area (Å²) in [7, 11) is 0. The van der Waals surface area contributed by atoms with Gasteiger partial charge in [0.25, 0.3) is 0 Å². The fourth-order valence-electron chi connectivity index (χ4n) is 2.64. The highest BCUT2D eigenvalue weighted by Crippen LogP contribution is 2.34. The molecule has 0 bridgehead atoms. The number of ether oxygens (including phenoxy) is 2. The van der Waals surface area contributed by atoms with Gasteiger partial charge >= 0.3 is 0 Å². The monoisotopic (exact) mass is 355 g/mol. The van der Waals surface area contributed by atoms with Crippen molar-refractivity contribution < 1.29 is 14.3 Å². The molecule has 0 saturated heterocycles. The van der Waals surface area contributed by atoms with Crippen molar-refractivity contribution in [1.82, 2.24) is 9.97 Å². The van der Waals surface area contributed by atoms with Crippen LogP contribution in [0, 0.1) is 0 Å². The molecule has 1 unspecified atom stereocenters. The molecular formula is C18H17N3O3S. The zero-order valence-corrected chi connectivity index (χ0v) is 14.4. The third-order valence-corrected chi connectivity index (χ3v) is 5.17. The Morgan fingerprint density at radius 3 is 2.96 bits per heavy atom. The van der Waals surface area contributed by atoms with Crippen molar-refractivity contribution in [3.8, 4) is 11.5 Å². The quantitative estimate of drug-likeness (QED) is 0.681. The molecule has 0 fully saturated rings. The molecule has 7 heteroatoms. The fourth-order valence-corrected chi connectivity index (χ4v) is 3.56. The van der Waals surface area contributed by atoms with Crippen molar-refractivity contribution in [2.24, 2.45) is 0 Å². The number of anilines is 1. The van der Waals surface area contributed by atoms with E-state index in [1.54, 1.807) is 12.1 Å². The Kier molecular flexibility index (Phi) is 4.23. The fraction of sp³-hybridized carbons (Fsp3) is 0.222. The third kappa shape index (κ3) is 3.28. The number of thioether (sulfide) groups is 1. The maximum Gasteiger partial charge on any atom is 0.237 e. The molecule has 1 aliphatic heterocycles. The summed E-state index contributed by atoms with van der Waals surface area (Å²) in [6.45, 7) is 2.20. The number of imidazole rings is 1. The number of fused-ring (bicyclic) bond motifs is 2. The number of carbonyl (C=O) groups is 1. The van der Waals surface area contributed by atoms with Gasteiger partial charge in [-0.2, -0.15) is 0 Å². The summed E-state index contributed by atoms with van der Waals surface area (Å²) < 4.78 is 10.6. The number of amides is 1. The van der Waals surface area contributed by atoms with Crippen molar-refractivity contribution in [1.29, 1.82) is 0 Å². The SMILES string of the molecule is CCC(Sc1nc2ccccc2[nH]1)C(=O)Nc1ccc2c(c1)OCO2. The van der Waals surface area contributed by atoms with Crippen LogP contribution >= 0.6 is 11.8 Å². The highest BCUT2D eigenvalue weighted by molar-refractivity contribution is 8.00. The van der Waals surface area contributed by atoms with Crippen LogP contribution in [0.15, 0.2) is 47.6 Å². The first-order chi connectivity index (χ1) is 12.2. The van der Waals surface area contributed by atoms with Crippen molar-refractivity contribution in [3.05, 3.63) is 42.5 Å². The molecule has 1 amide bonds. The van der Waals surface area contributed by atoms with Crippen LogP contribution in [0.4, 0.5) is 5.69 Å². The van der Waals surface area contributed by atoms with E-state index in [-0.39, 0.29) is 18.0 Å². The molecule has 128 valence electrons. The second kappa shape index (κ2) is 6.68. The molecule has 2 N–H and O–H groups in total. The van der Waals surface area contributed by atoms with Gasteiger partial charge in [-0.15, -0.1) is 0 Å². The van der Waals surface area contributed by atoms with Gasteiger partial charge in [0.1, 0.15) is 0 Å². The summed E-state index contributed by atoms with van der Waals surface area (Å²) in [5.74, 6) is 1.28. The summed E-state index contributed by atoms with van der Waals surface area (Å²) in [5.41, 5.74) is 2.56. The predicted octanol–water partition coefficient (Wildman–Crippen LogP) is 3.80. The molecule has 1 aliphatic rings. The van der Waals surface area contributed by atoms with Crippen molar-refractivity contribution in [2.75, 3.05) is 12.1 Å². The average Bonchev–Trinajstić information content (AvgIpc) is 3.24. The number of aromatic nitrogens is 2. The van der Waals surface area contributed by atoms with E-state index in [1.165, 1.54) is 11.8 Å². The Labute approximate surface area is 148 Å². The minimum absolute atomic E-state index is 0.0631. The molecule has 3 aromatic rings. The van der Waals surface area contributed by atoms with Crippen molar-refractivity contribution in [2.45, 2.75) is 23.8 Å². The summed E-state index contributed by atoms with van der Waals surface area (Å²) in [6, 6.07) is 13.2. The molecule has 0 aliphatic carbocycles. The first-order valence-electron chi connectivity index (χ1n) is 8.05. The van der Waals surface area contributed by atoms with Gasteiger partial charge in [-0.25, -0.2) is 4.98 Å². The van der Waals surface area contributed by atoms with Crippen molar-refractivity contribution in [3.63, 3.8) is 0 Å². The molecule has 4 rings (SSSR count). The Hall–Kier alpha value is -2.67. The topological polar surface area (TPSA) is 76.2 Å². The van der Waals surface area contributed by atoms with Gasteiger partial charge in [0.2, 0.25) is 12.7 Å². The van der Waals surface area contributed by atoms with Crippen LogP contribution in [0.3, 0.4) is 0 Å². The standard InChI is InChI=1S/C18H17N3O3S/c1-2-16(25-18-20-12-5-3-4-6-13(12)21-18)17(22)19-11-7-8-14-15(9-11)24-10-23-14/h3-9,16H,2,10H2,1H3,(H,19,22)(H,20,21). The highest BCUT2D eigenvalue weighted by atomic mass is 32.2. The Bertz CT molecular complexity index is 892. The van der Waals surface area contributed by atoms with E-state index in [2.05, 4.69) is 15.3 Å². The molecule has 1 atom stereocenters. The zero-order chi connectivity index (χ0) is 17.2. The Morgan fingerprint density at radius 1 is 1.28 bits per heavy atom. The normalized spacial score (nSPS) is 13.8. The average molecular weight is 355 g/mol. The lowest BCUT2D eigenvalue weighted by molar-refractivity contribution is -0.115. The van der Waals surface area contributed by atoms with Crippen LogP contribution in [0.2, 0.25) is 0 Å². The van der Waals surface area contributed by atoms with E-state index < -0.39 is 0 Å². The number of nitrogens with one attached hydrogen (secondary N) is 2. The number of aromatic amines is 1. The van der Waals surface area contributed by atoms with Gasteiger partial charge in [0.15, 0.2) is 16.7 Å². The number of rotatable bonds is 5. The molecule has 2 aromatic carbocycles. The highest BCUT2D eigenvalue weighted by Gasteiger charge is 2.21. The predicted molar refractivity (Wildman–Crippen MR) is 97.2 cm³/mol. The molecule has 25 heavy (non-hydrogen) atoms. The van der Waals surface area contributed by atoms with Crippen LogP contribution in [-0.4, -0.2) is 27.9 Å². The van der Waals surface area contributed by atoms with Crippen LogP contribution in [-0.2, 0) is 4.79 Å².